The fourth-order valence-corrected chi connectivity index (χ4v) is 5.52. The van der Waals surface area contributed by atoms with Crippen molar-refractivity contribution in [1.82, 2.24) is 14.5 Å². The minimum atomic E-state index is -0.252. The third kappa shape index (κ3) is 4.62. The number of carbonyl (C=O) groups is 1. The molecule has 35 heavy (non-hydrogen) atoms. The maximum Gasteiger partial charge on any atom is 0.266 e. The second-order valence-electron chi connectivity index (χ2n) is 7.63. The van der Waals surface area contributed by atoms with Gasteiger partial charge < -0.3 is 10.1 Å². The summed E-state index contributed by atoms with van der Waals surface area (Å²) in [5, 5.41) is 4.78. The van der Waals surface area contributed by atoms with Crippen molar-refractivity contribution < 1.29 is 9.53 Å². The highest BCUT2D eigenvalue weighted by Crippen LogP contribution is 2.30. The van der Waals surface area contributed by atoms with Gasteiger partial charge in [-0.3, -0.25) is 14.2 Å². The number of nitrogens with one attached hydrogen (secondary N) is 1. The van der Waals surface area contributed by atoms with Crippen molar-refractivity contribution in [2.75, 3.05) is 18.2 Å². The number of hydrogen-bond donors (Lipinski definition) is 1. The van der Waals surface area contributed by atoms with Gasteiger partial charge in [-0.05, 0) is 55.0 Å². The Hall–Kier alpha value is -3.40. The lowest BCUT2D eigenvalue weighted by atomic mass is 10.2. The zero-order valence-electron chi connectivity index (χ0n) is 18.7. The van der Waals surface area contributed by atoms with E-state index in [9.17, 15) is 9.59 Å². The summed E-state index contributed by atoms with van der Waals surface area (Å²) in [5.41, 5.74) is 2.51. The van der Waals surface area contributed by atoms with Crippen LogP contribution in [0.3, 0.4) is 0 Å². The Bertz CT molecular complexity index is 1650. The van der Waals surface area contributed by atoms with Crippen LogP contribution in [0.1, 0.15) is 5.56 Å². The number of hydrogen-bond acceptors (Lipinski definition) is 7. The van der Waals surface area contributed by atoms with E-state index in [0.29, 0.717) is 31.9 Å². The van der Waals surface area contributed by atoms with Crippen molar-refractivity contribution in [2.24, 2.45) is 0 Å². The molecule has 0 atom stereocenters. The highest BCUT2D eigenvalue weighted by Gasteiger charge is 2.17. The molecule has 0 aliphatic heterocycles. The van der Waals surface area contributed by atoms with Gasteiger partial charge in [-0.25, -0.2) is 9.97 Å². The van der Waals surface area contributed by atoms with Gasteiger partial charge in [0.05, 0.1) is 39.7 Å². The van der Waals surface area contributed by atoms with E-state index in [-0.39, 0.29) is 17.2 Å². The molecule has 0 bridgehead atoms. The summed E-state index contributed by atoms with van der Waals surface area (Å²) in [6, 6.07) is 18.1. The van der Waals surface area contributed by atoms with Gasteiger partial charge >= 0.3 is 0 Å². The summed E-state index contributed by atoms with van der Waals surface area (Å²) in [6.07, 6.45) is 0. The fourth-order valence-electron chi connectivity index (χ4n) is 3.63. The number of amides is 1. The van der Waals surface area contributed by atoms with Gasteiger partial charge in [-0.15, -0.1) is 0 Å². The van der Waals surface area contributed by atoms with Crippen molar-refractivity contribution in [2.45, 2.75) is 12.1 Å². The average molecular weight is 523 g/mol. The number of thioether (sulfide) groups is 1. The zero-order valence-corrected chi connectivity index (χ0v) is 21.1. The molecule has 0 saturated carbocycles. The summed E-state index contributed by atoms with van der Waals surface area (Å²) in [4.78, 5) is 35.4. The largest absolute Gasteiger partial charge is 0.497 e. The summed E-state index contributed by atoms with van der Waals surface area (Å²) in [5.74, 6) is 0.521. The van der Waals surface area contributed by atoms with Crippen LogP contribution < -0.4 is 15.6 Å². The summed E-state index contributed by atoms with van der Waals surface area (Å²) in [6.45, 7) is 1.85. The van der Waals surface area contributed by atoms with Crippen molar-refractivity contribution in [3.05, 3.63) is 81.6 Å². The first-order chi connectivity index (χ1) is 16.9. The molecule has 3 aromatic carbocycles. The van der Waals surface area contributed by atoms with Gasteiger partial charge in [-0.2, -0.15) is 0 Å². The van der Waals surface area contributed by atoms with Gasteiger partial charge in [-0.1, -0.05) is 52.9 Å². The second-order valence-corrected chi connectivity index (χ2v) is 10.0. The van der Waals surface area contributed by atoms with E-state index >= 15 is 0 Å². The molecule has 0 radical (unpaired) electrons. The third-order valence-electron chi connectivity index (χ3n) is 5.40. The first-order valence-electron chi connectivity index (χ1n) is 10.6. The summed E-state index contributed by atoms with van der Waals surface area (Å²) < 4.78 is 7.68. The number of ether oxygens (including phenoxy) is 1. The Morgan fingerprint density at radius 3 is 2.77 bits per heavy atom. The quantitative estimate of drug-likeness (QED) is 0.227. The van der Waals surface area contributed by atoms with Crippen LogP contribution in [0.4, 0.5) is 5.13 Å². The standard InChI is InChI=1S/C25H19ClN4O3S2/c1-14-17(26)7-5-9-20(14)30-23(32)16-6-3-4-8-18(16)28-25(30)34-13-22(31)29-24-27-19-11-10-15(33-2)12-21(19)35-24/h3-12H,13H2,1-2H3,(H,27,29,31). The molecule has 2 aromatic heterocycles. The lowest BCUT2D eigenvalue weighted by molar-refractivity contribution is -0.113. The number of aromatic nitrogens is 3. The lowest BCUT2D eigenvalue weighted by Crippen LogP contribution is -2.23. The molecule has 0 aliphatic carbocycles. The molecule has 5 aromatic rings. The van der Waals surface area contributed by atoms with Gasteiger partial charge in [0.1, 0.15) is 5.75 Å². The third-order valence-corrected chi connectivity index (χ3v) is 7.68. The first-order valence-corrected chi connectivity index (χ1v) is 12.8. The van der Waals surface area contributed by atoms with Gasteiger partial charge in [0.2, 0.25) is 5.91 Å². The molecule has 0 unspecified atom stereocenters. The molecule has 0 fully saturated rings. The monoisotopic (exact) mass is 522 g/mol. The molecule has 176 valence electrons. The second kappa shape index (κ2) is 9.69. The predicted octanol–water partition coefficient (Wildman–Crippen LogP) is 5.70. The van der Waals surface area contributed by atoms with Crippen LogP contribution in [0.25, 0.3) is 26.8 Å². The van der Waals surface area contributed by atoms with Gasteiger partial charge in [0.25, 0.3) is 5.56 Å². The van der Waals surface area contributed by atoms with E-state index in [1.165, 1.54) is 27.7 Å². The van der Waals surface area contributed by atoms with Gasteiger partial charge in [0.15, 0.2) is 10.3 Å². The number of benzene rings is 3. The van der Waals surface area contributed by atoms with Crippen molar-refractivity contribution in [3.63, 3.8) is 0 Å². The van der Waals surface area contributed by atoms with E-state index in [0.717, 1.165) is 21.5 Å². The smallest absolute Gasteiger partial charge is 0.266 e. The van der Waals surface area contributed by atoms with Crippen LogP contribution in [0, 0.1) is 6.92 Å². The number of nitrogens with zero attached hydrogens (tertiary/aromatic N) is 3. The number of halogens is 1. The van der Waals surface area contributed by atoms with Gasteiger partial charge in [0, 0.05) is 5.02 Å². The fraction of sp³-hybridized carbons (Fsp3) is 0.120. The van der Waals surface area contributed by atoms with E-state index in [1.807, 2.05) is 37.3 Å². The minimum Gasteiger partial charge on any atom is -0.497 e. The number of fused-ring (bicyclic) bond motifs is 2. The molecule has 2 heterocycles. The highest BCUT2D eigenvalue weighted by atomic mass is 35.5. The van der Waals surface area contributed by atoms with Crippen LogP contribution in [0.15, 0.2) is 70.6 Å². The SMILES string of the molecule is COc1ccc2nc(NC(=O)CSc3nc4ccccc4c(=O)n3-c3cccc(Cl)c3C)sc2c1. The van der Waals surface area contributed by atoms with Crippen LogP contribution in [0.5, 0.6) is 5.75 Å². The number of para-hydroxylation sites is 1. The highest BCUT2D eigenvalue weighted by molar-refractivity contribution is 7.99. The number of thiazole rings is 1. The van der Waals surface area contributed by atoms with Crippen LogP contribution >= 0.6 is 34.7 Å². The molecular formula is C25H19ClN4O3S2. The Labute approximate surface area is 213 Å². The van der Waals surface area contributed by atoms with Crippen molar-refractivity contribution in [1.29, 1.82) is 0 Å². The van der Waals surface area contributed by atoms with Crippen LogP contribution in [-0.4, -0.2) is 33.3 Å². The molecule has 1 amide bonds. The number of methoxy groups -OCH3 is 1. The van der Waals surface area contributed by atoms with E-state index < -0.39 is 0 Å². The van der Waals surface area contributed by atoms with Crippen molar-refractivity contribution >= 4 is 66.9 Å². The molecule has 0 aliphatic rings. The normalized spacial score (nSPS) is 11.2. The lowest BCUT2D eigenvalue weighted by Gasteiger charge is -2.15. The molecule has 10 heteroatoms. The van der Waals surface area contributed by atoms with E-state index in [4.69, 9.17) is 21.3 Å². The van der Waals surface area contributed by atoms with E-state index in [2.05, 4.69) is 10.3 Å². The minimum absolute atomic E-state index is 0.0453. The molecule has 5 rings (SSSR count). The molecular weight excluding hydrogens is 504 g/mol. The van der Waals surface area contributed by atoms with Crippen molar-refractivity contribution in [3.8, 4) is 11.4 Å². The Morgan fingerprint density at radius 2 is 1.94 bits per heavy atom. The molecule has 1 N–H and O–H groups in total. The zero-order chi connectivity index (χ0) is 24.5. The molecule has 0 spiro atoms. The van der Waals surface area contributed by atoms with E-state index in [1.54, 1.807) is 37.4 Å². The Balaban J connectivity index is 1.45. The van der Waals surface area contributed by atoms with Crippen LogP contribution in [0.2, 0.25) is 5.02 Å². The molecule has 7 nitrogen and oxygen atoms in total. The number of rotatable bonds is 6. The van der Waals surface area contributed by atoms with Crippen LogP contribution in [-0.2, 0) is 4.79 Å². The Morgan fingerprint density at radius 1 is 1.11 bits per heavy atom. The average Bonchev–Trinajstić information content (AvgIpc) is 3.26. The molecule has 0 saturated heterocycles. The Kier molecular flexibility index (Phi) is 6.46. The topological polar surface area (TPSA) is 86.1 Å². The number of carbonyl (C=O) groups excluding carboxylic acids is 1. The maximum absolute atomic E-state index is 13.4. The first kappa shape index (κ1) is 23.3. The number of anilines is 1. The summed E-state index contributed by atoms with van der Waals surface area (Å²) in [7, 11) is 1.60. The summed E-state index contributed by atoms with van der Waals surface area (Å²) >= 11 is 8.88. The maximum atomic E-state index is 13.4. The predicted molar refractivity (Wildman–Crippen MR) is 143 cm³/mol.